The molecule has 0 aromatic carbocycles. The van der Waals surface area contributed by atoms with E-state index in [9.17, 15) is 0 Å². The Balaban J connectivity index is 2.08. The van der Waals surface area contributed by atoms with Gasteiger partial charge in [0.2, 0.25) is 0 Å². The van der Waals surface area contributed by atoms with Crippen molar-refractivity contribution < 1.29 is 0 Å². The van der Waals surface area contributed by atoms with Crippen LogP contribution in [-0.4, -0.2) is 15.6 Å². The minimum atomic E-state index is 0.517. The largest absolute Gasteiger partial charge is 0.334 e. The standard InChI is InChI=1S/C17H33N3/c1-4-5-6-7-8-9-10-11-13-20-14-12-18-17(20)15-19-16(2)3/h12,14,16,19H,4-11,13,15H2,1-3H3. The number of hydrogen-bond donors (Lipinski definition) is 1. The van der Waals surface area contributed by atoms with Crippen molar-refractivity contribution in [2.75, 3.05) is 0 Å². The number of aromatic nitrogens is 2. The molecule has 116 valence electrons. The molecule has 0 fully saturated rings. The van der Waals surface area contributed by atoms with Gasteiger partial charge in [-0.25, -0.2) is 4.98 Å². The zero-order valence-corrected chi connectivity index (χ0v) is 13.7. The predicted molar refractivity (Wildman–Crippen MR) is 86.8 cm³/mol. The molecule has 0 radical (unpaired) electrons. The minimum Gasteiger partial charge on any atom is -0.334 e. The zero-order chi connectivity index (χ0) is 14.6. The van der Waals surface area contributed by atoms with Gasteiger partial charge in [0.15, 0.2) is 0 Å². The van der Waals surface area contributed by atoms with Crippen LogP contribution in [0.15, 0.2) is 12.4 Å². The van der Waals surface area contributed by atoms with Crippen molar-refractivity contribution in [3.8, 4) is 0 Å². The van der Waals surface area contributed by atoms with Gasteiger partial charge in [-0.15, -0.1) is 0 Å². The summed E-state index contributed by atoms with van der Waals surface area (Å²) in [6.45, 7) is 8.61. The van der Waals surface area contributed by atoms with E-state index in [1.54, 1.807) is 0 Å². The number of rotatable bonds is 12. The minimum absolute atomic E-state index is 0.517. The lowest BCUT2D eigenvalue weighted by molar-refractivity contribution is 0.513. The summed E-state index contributed by atoms with van der Waals surface area (Å²) < 4.78 is 2.30. The zero-order valence-electron chi connectivity index (χ0n) is 13.7. The average Bonchev–Trinajstić information content (AvgIpc) is 2.87. The van der Waals surface area contributed by atoms with Crippen LogP contribution in [0.5, 0.6) is 0 Å². The van der Waals surface area contributed by atoms with E-state index in [4.69, 9.17) is 0 Å². The monoisotopic (exact) mass is 279 g/mol. The Morgan fingerprint density at radius 2 is 1.70 bits per heavy atom. The highest BCUT2D eigenvalue weighted by Gasteiger charge is 2.03. The highest BCUT2D eigenvalue weighted by molar-refractivity contribution is 4.92. The van der Waals surface area contributed by atoms with Gasteiger partial charge in [0.05, 0.1) is 6.54 Å². The molecule has 0 saturated heterocycles. The molecule has 0 atom stereocenters. The number of nitrogens with zero attached hydrogens (tertiary/aromatic N) is 2. The SMILES string of the molecule is CCCCCCCCCCn1ccnc1CNC(C)C. The van der Waals surface area contributed by atoms with Crippen LogP contribution in [0, 0.1) is 0 Å². The molecular formula is C17H33N3. The molecule has 1 heterocycles. The topological polar surface area (TPSA) is 29.9 Å². The molecule has 0 aliphatic rings. The summed E-state index contributed by atoms with van der Waals surface area (Å²) in [6.07, 6.45) is 15.0. The molecule has 1 rings (SSSR count). The van der Waals surface area contributed by atoms with Gasteiger partial charge in [0, 0.05) is 25.0 Å². The van der Waals surface area contributed by atoms with E-state index >= 15 is 0 Å². The van der Waals surface area contributed by atoms with Crippen LogP contribution in [-0.2, 0) is 13.1 Å². The first-order valence-electron chi connectivity index (χ1n) is 8.47. The molecule has 20 heavy (non-hydrogen) atoms. The van der Waals surface area contributed by atoms with Crippen LogP contribution in [0.3, 0.4) is 0 Å². The highest BCUT2D eigenvalue weighted by Crippen LogP contribution is 2.09. The Morgan fingerprint density at radius 1 is 1.05 bits per heavy atom. The van der Waals surface area contributed by atoms with Gasteiger partial charge in [0.1, 0.15) is 5.82 Å². The van der Waals surface area contributed by atoms with Crippen molar-refractivity contribution in [1.29, 1.82) is 0 Å². The van der Waals surface area contributed by atoms with Crippen LogP contribution in [0.2, 0.25) is 0 Å². The third-order valence-electron chi connectivity index (χ3n) is 3.72. The molecular weight excluding hydrogens is 246 g/mol. The third-order valence-corrected chi connectivity index (χ3v) is 3.72. The normalized spacial score (nSPS) is 11.4. The Morgan fingerprint density at radius 3 is 2.35 bits per heavy atom. The number of unbranched alkanes of at least 4 members (excludes halogenated alkanes) is 7. The Bertz CT molecular complexity index is 331. The van der Waals surface area contributed by atoms with Gasteiger partial charge in [-0.05, 0) is 6.42 Å². The first-order chi connectivity index (χ1) is 9.74. The van der Waals surface area contributed by atoms with Crippen LogP contribution < -0.4 is 5.32 Å². The number of hydrogen-bond acceptors (Lipinski definition) is 2. The summed E-state index contributed by atoms with van der Waals surface area (Å²) in [5.41, 5.74) is 0. The van der Waals surface area contributed by atoms with Crippen LogP contribution in [0.4, 0.5) is 0 Å². The lowest BCUT2D eigenvalue weighted by atomic mass is 10.1. The molecule has 1 N–H and O–H groups in total. The second kappa shape index (κ2) is 10.9. The van der Waals surface area contributed by atoms with E-state index in [1.807, 2.05) is 6.20 Å². The van der Waals surface area contributed by atoms with E-state index in [2.05, 4.69) is 41.8 Å². The number of imidazole rings is 1. The van der Waals surface area contributed by atoms with Gasteiger partial charge in [-0.2, -0.15) is 0 Å². The predicted octanol–water partition coefficient (Wildman–Crippen LogP) is 4.52. The summed E-state index contributed by atoms with van der Waals surface area (Å²) in [7, 11) is 0. The Labute approximate surface area is 125 Å². The van der Waals surface area contributed by atoms with E-state index in [1.165, 1.54) is 57.2 Å². The van der Waals surface area contributed by atoms with Crippen molar-refractivity contribution in [1.82, 2.24) is 14.9 Å². The van der Waals surface area contributed by atoms with E-state index in [0.29, 0.717) is 6.04 Å². The fraction of sp³-hybridized carbons (Fsp3) is 0.824. The van der Waals surface area contributed by atoms with Gasteiger partial charge < -0.3 is 9.88 Å². The van der Waals surface area contributed by atoms with Gasteiger partial charge in [-0.3, -0.25) is 0 Å². The quantitative estimate of drug-likeness (QED) is 0.570. The van der Waals surface area contributed by atoms with Crippen molar-refractivity contribution in [2.24, 2.45) is 0 Å². The number of aryl methyl sites for hydroxylation is 1. The summed E-state index contributed by atoms with van der Waals surface area (Å²) in [6, 6.07) is 0.517. The maximum absolute atomic E-state index is 4.44. The smallest absolute Gasteiger partial charge is 0.122 e. The lowest BCUT2D eigenvalue weighted by Crippen LogP contribution is -2.24. The van der Waals surface area contributed by atoms with E-state index in [0.717, 1.165) is 13.1 Å². The van der Waals surface area contributed by atoms with Gasteiger partial charge >= 0.3 is 0 Å². The third kappa shape index (κ3) is 7.68. The van der Waals surface area contributed by atoms with E-state index in [-0.39, 0.29) is 0 Å². The van der Waals surface area contributed by atoms with Gasteiger partial charge in [0.25, 0.3) is 0 Å². The van der Waals surface area contributed by atoms with Crippen LogP contribution in [0.25, 0.3) is 0 Å². The molecule has 0 amide bonds. The molecule has 0 aliphatic carbocycles. The van der Waals surface area contributed by atoms with E-state index < -0.39 is 0 Å². The Hall–Kier alpha value is -0.830. The molecule has 3 heteroatoms. The molecule has 0 spiro atoms. The fourth-order valence-corrected chi connectivity index (χ4v) is 2.42. The summed E-state index contributed by atoms with van der Waals surface area (Å²) in [5, 5.41) is 3.44. The summed E-state index contributed by atoms with van der Waals surface area (Å²) >= 11 is 0. The number of nitrogens with one attached hydrogen (secondary N) is 1. The summed E-state index contributed by atoms with van der Waals surface area (Å²) in [5.74, 6) is 1.17. The van der Waals surface area contributed by atoms with Crippen LogP contribution in [0.1, 0.15) is 78.0 Å². The molecule has 1 aromatic rings. The summed E-state index contributed by atoms with van der Waals surface area (Å²) in [4.78, 5) is 4.44. The molecule has 0 aliphatic heterocycles. The maximum atomic E-state index is 4.44. The van der Waals surface area contributed by atoms with Crippen molar-refractivity contribution in [3.63, 3.8) is 0 Å². The molecule has 0 saturated carbocycles. The molecule has 0 bridgehead atoms. The maximum Gasteiger partial charge on any atom is 0.122 e. The van der Waals surface area contributed by atoms with Crippen molar-refractivity contribution in [3.05, 3.63) is 18.2 Å². The first-order valence-corrected chi connectivity index (χ1v) is 8.47. The second-order valence-electron chi connectivity index (χ2n) is 6.05. The molecule has 3 nitrogen and oxygen atoms in total. The van der Waals surface area contributed by atoms with Crippen molar-refractivity contribution in [2.45, 2.75) is 91.3 Å². The average molecular weight is 279 g/mol. The second-order valence-corrected chi connectivity index (χ2v) is 6.05. The van der Waals surface area contributed by atoms with Crippen LogP contribution >= 0.6 is 0 Å². The molecule has 0 unspecified atom stereocenters. The van der Waals surface area contributed by atoms with Crippen molar-refractivity contribution >= 4 is 0 Å². The lowest BCUT2D eigenvalue weighted by Gasteiger charge is -2.10. The molecule has 1 aromatic heterocycles. The first kappa shape index (κ1) is 17.2. The highest BCUT2D eigenvalue weighted by atomic mass is 15.1. The van der Waals surface area contributed by atoms with Gasteiger partial charge in [-0.1, -0.05) is 65.7 Å². The fourth-order valence-electron chi connectivity index (χ4n) is 2.42. The Kier molecular flexibility index (Phi) is 9.38.